The van der Waals surface area contributed by atoms with Crippen LogP contribution in [0.25, 0.3) is 5.65 Å². The number of alkyl halides is 4. The van der Waals surface area contributed by atoms with Gasteiger partial charge in [0.05, 0.1) is 30.2 Å². The second-order valence-corrected chi connectivity index (χ2v) is 11.2. The van der Waals surface area contributed by atoms with E-state index in [0.29, 0.717) is 29.1 Å². The van der Waals surface area contributed by atoms with Gasteiger partial charge in [-0.3, -0.25) is 19.1 Å². The number of nitrogens with one attached hydrogen (secondary N) is 2. The number of fused-ring (bicyclic) bond motifs is 1. The predicted molar refractivity (Wildman–Crippen MR) is 139 cm³/mol. The number of hydrogen-bond acceptors (Lipinski definition) is 6. The number of aryl methyl sites for hydroxylation is 2. The summed E-state index contributed by atoms with van der Waals surface area (Å²) in [5.41, 5.74) is -0.945. The normalized spacial score (nSPS) is 23.0. The first-order valence-electron chi connectivity index (χ1n) is 13.7. The molecule has 1 aliphatic heterocycles. The van der Waals surface area contributed by atoms with Crippen molar-refractivity contribution in [1.82, 2.24) is 35.0 Å². The Balaban J connectivity index is 1.50. The Bertz CT molecular complexity index is 1530. The molecule has 42 heavy (non-hydrogen) atoms. The van der Waals surface area contributed by atoms with Crippen molar-refractivity contribution >= 4 is 23.4 Å². The van der Waals surface area contributed by atoms with Crippen LogP contribution < -0.4 is 10.6 Å². The van der Waals surface area contributed by atoms with E-state index >= 15 is 0 Å². The van der Waals surface area contributed by atoms with Crippen molar-refractivity contribution in [2.45, 2.75) is 76.8 Å². The molecule has 2 aliphatic rings. The molecule has 1 aliphatic carbocycles. The highest BCUT2D eigenvalue weighted by atomic mass is 19.3. The highest BCUT2D eigenvalue weighted by Gasteiger charge is 2.57. The fourth-order valence-corrected chi connectivity index (χ4v) is 5.85. The van der Waals surface area contributed by atoms with E-state index in [2.05, 4.69) is 20.5 Å². The monoisotopic (exact) mass is 593 g/mol. The van der Waals surface area contributed by atoms with Crippen LogP contribution in [-0.4, -0.2) is 65.7 Å². The van der Waals surface area contributed by atoms with E-state index in [1.807, 2.05) is 12.2 Å². The third-order valence-electron chi connectivity index (χ3n) is 8.23. The lowest BCUT2D eigenvalue weighted by atomic mass is 9.74. The molecule has 226 valence electrons. The molecule has 1 unspecified atom stereocenters. The van der Waals surface area contributed by atoms with Crippen LogP contribution in [0.2, 0.25) is 0 Å². The summed E-state index contributed by atoms with van der Waals surface area (Å²) in [4.78, 5) is 42.6. The van der Waals surface area contributed by atoms with Crippen LogP contribution in [0.1, 0.15) is 72.5 Å². The predicted octanol–water partition coefficient (Wildman–Crippen LogP) is 3.32. The zero-order valence-corrected chi connectivity index (χ0v) is 23.0. The highest BCUT2D eigenvalue weighted by molar-refractivity contribution is 6.03. The molecule has 2 amide bonds. The minimum absolute atomic E-state index is 0.103. The molecular weight excluding hydrogens is 562 g/mol. The van der Waals surface area contributed by atoms with Gasteiger partial charge >= 0.3 is 5.97 Å². The molecular formula is C27H31F4N7O4. The van der Waals surface area contributed by atoms with Gasteiger partial charge in [-0.2, -0.15) is 10.2 Å². The highest BCUT2D eigenvalue weighted by Crippen LogP contribution is 2.42. The zero-order chi connectivity index (χ0) is 30.4. The van der Waals surface area contributed by atoms with Crippen LogP contribution in [0.3, 0.4) is 0 Å². The summed E-state index contributed by atoms with van der Waals surface area (Å²) in [6.45, 7) is 2.92. The van der Waals surface area contributed by atoms with Crippen LogP contribution in [0.5, 0.6) is 0 Å². The first kappa shape index (κ1) is 29.5. The molecule has 0 radical (unpaired) electrons. The molecule has 0 spiro atoms. The lowest BCUT2D eigenvalue weighted by Gasteiger charge is -2.36. The Labute approximate surface area is 237 Å². The number of aromatic nitrogens is 5. The van der Waals surface area contributed by atoms with Gasteiger partial charge in [0.1, 0.15) is 5.69 Å². The number of carboxylic acids is 1. The quantitative estimate of drug-likeness (QED) is 0.269. The fourth-order valence-electron chi connectivity index (χ4n) is 5.85. The van der Waals surface area contributed by atoms with Crippen molar-refractivity contribution in [2.75, 3.05) is 6.54 Å². The molecule has 3 aromatic heterocycles. The smallest absolute Gasteiger partial charge is 0.319 e. The Morgan fingerprint density at radius 1 is 1.21 bits per heavy atom. The summed E-state index contributed by atoms with van der Waals surface area (Å²) in [6, 6.07) is 2.36. The number of carbonyl (C=O) groups excluding carboxylic acids is 2. The van der Waals surface area contributed by atoms with Crippen molar-refractivity contribution in [3.8, 4) is 0 Å². The van der Waals surface area contributed by atoms with Gasteiger partial charge in [-0.15, -0.1) is 0 Å². The van der Waals surface area contributed by atoms with Crippen LogP contribution >= 0.6 is 0 Å². The van der Waals surface area contributed by atoms with Crippen LogP contribution in [0.4, 0.5) is 17.6 Å². The number of nitrogens with zero attached hydrogens (tertiary/aromatic N) is 5. The summed E-state index contributed by atoms with van der Waals surface area (Å²) in [5, 5.41) is 23.4. The van der Waals surface area contributed by atoms with Gasteiger partial charge in [-0.05, 0) is 50.3 Å². The molecule has 0 bridgehead atoms. The number of carbonyl (C=O) groups is 3. The topological polar surface area (TPSA) is 144 Å². The molecule has 11 nitrogen and oxygen atoms in total. The zero-order valence-electron chi connectivity index (χ0n) is 23.0. The average Bonchev–Trinajstić information content (AvgIpc) is 3.56. The number of rotatable bonds is 8. The minimum atomic E-state index is -3.41. The first-order chi connectivity index (χ1) is 19.7. The number of aliphatic carboxylic acids is 1. The van der Waals surface area contributed by atoms with Crippen molar-refractivity contribution in [2.24, 2.45) is 11.3 Å². The summed E-state index contributed by atoms with van der Waals surface area (Å²) in [6.07, 6.45) is 0.825. The van der Waals surface area contributed by atoms with Crippen molar-refractivity contribution < 1.29 is 37.1 Å². The van der Waals surface area contributed by atoms with E-state index in [0.717, 1.165) is 0 Å². The van der Waals surface area contributed by atoms with Gasteiger partial charge in [0.25, 0.3) is 11.8 Å². The lowest BCUT2D eigenvalue weighted by Crippen LogP contribution is -2.59. The summed E-state index contributed by atoms with van der Waals surface area (Å²) < 4.78 is 59.3. The number of imidazole rings is 1. The summed E-state index contributed by atoms with van der Waals surface area (Å²) >= 11 is 0. The van der Waals surface area contributed by atoms with E-state index in [1.54, 1.807) is 19.1 Å². The maximum absolute atomic E-state index is 14.3. The van der Waals surface area contributed by atoms with Gasteiger partial charge in [0, 0.05) is 38.4 Å². The van der Waals surface area contributed by atoms with Crippen LogP contribution in [0.15, 0.2) is 24.5 Å². The molecule has 5 rings (SSSR count). The fraction of sp³-hybridized carbons (Fsp3) is 0.556. The number of amides is 2. The molecule has 1 saturated heterocycles. The van der Waals surface area contributed by atoms with E-state index in [-0.39, 0.29) is 37.3 Å². The van der Waals surface area contributed by atoms with Crippen LogP contribution in [0, 0.1) is 18.3 Å². The Morgan fingerprint density at radius 3 is 2.60 bits per heavy atom. The Kier molecular flexibility index (Phi) is 7.47. The number of halogens is 4. The standard InChI is InChI=1S/C27H31F4N7O4/c1-3-37-19(6-9-33-37)22(39)35-21(16-4-7-26(28,29)8-5-16)18-12-38-20(34-18)10-15(2)17(36-38)11-25(24(41)42)13-27(30,31)14-32-23(25)40/h6,9-10,12,16,21H,3-5,7-8,11,13-14H2,1-2H3,(H,32,40)(H,35,39)(H,41,42)/t21-,25?/m0/s1. The molecule has 0 aromatic carbocycles. The third kappa shape index (κ3) is 5.55. The maximum Gasteiger partial charge on any atom is 0.319 e. The molecule has 4 heterocycles. The number of piperidine rings is 1. The van der Waals surface area contributed by atoms with Gasteiger partial charge in [-0.1, -0.05) is 0 Å². The summed E-state index contributed by atoms with van der Waals surface area (Å²) in [7, 11) is 0. The molecule has 3 N–H and O–H groups in total. The van der Waals surface area contributed by atoms with Gasteiger partial charge < -0.3 is 15.7 Å². The van der Waals surface area contributed by atoms with E-state index < -0.39 is 60.5 Å². The Morgan fingerprint density at radius 2 is 1.93 bits per heavy atom. The number of hydrogen-bond donors (Lipinski definition) is 3. The first-order valence-corrected chi connectivity index (χ1v) is 13.7. The second kappa shape index (κ2) is 10.7. The van der Waals surface area contributed by atoms with E-state index in [1.165, 1.54) is 21.6 Å². The maximum atomic E-state index is 14.3. The van der Waals surface area contributed by atoms with Gasteiger partial charge in [0.2, 0.25) is 11.8 Å². The molecule has 2 fully saturated rings. The van der Waals surface area contributed by atoms with E-state index in [4.69, 9.17) is 0 Å². The van der Waals surface area contributed by atoms with E-state index in [9.17, 15) is 37.1 Å². The second-order valence-electron chi connectivity index (χ2n) is 11.2. The largest absolute Gasteiger partial charge is 0.480 e. The lowest BCUT2D eigenvalue weighted by molar-refractivity contribution is -0.169. The van der Waals surface area contributed by atoms with Crippen LogP contribution in [-0.2, 0) is 22.6 Å². The molecule has 15 heteroatoms. The molecule has 1 saturated carbocycles. The molecule has 3 aromatic rings. The van der Waals surface area contributed by atoms with Gasteiger partial charge in [-0.25, -0.2) is 27.1 Å². The van der Waals surface area contributed by atoms with Crippen molar-refractivity contribution in [3.63, 3.8) is 0 Å². The minimum Gasteiger partial charge on any atom is -0.480 e. The third-order valence-corrected chi connectivity index (χ3v) is 8.23. The van der Waals surface area contributed by atoms with Gasteiger partial charge in [0.15, 0.2) is 11.1 Å². The molecule has 2 atom stereocenters. The summed E-state index contributed by atoms with van der Waals surface area (Å²) in [5.74, 6) is -9.72. The number of carboxylic acid groups (broad SMARTS) is 1. The van der Waals surface area contributed by atoms with Crippen molar-refractivity contribution in [3.05, 3.63) is 47.2 Å². The van der Waals surface area contributed by atoms with Crippen molar-refractivity contribution in [1.29, 1.82) is 0 Å². The average molecular weight is 594 g/mol. The Hall–Kier alpha value is -4.04. The SMILES string of the molecule is CCn1nccc1C(=O)N[C@H](c1cn2nc(CC3(C(=O)O)CC(F)(F)CNC3=O)c(C)cc2n1)C1CCC(F)(F)CC1.